The third-order valence-corrected chi connectivity index (χ3v) is 14.8. The van der Waals surface area contributed by atoms with E-state index < -0.39 is 124 Å². The Labute approximate surface area is 477 Å². The summed E-state index contributed by atoms with van der Waals surface area (Å²) in [5.74, 6) is -0.287. The number of rotatable bonds is 43. The monoisotopic (exact) mass is 1140 g/mol. The minimum absolute atomic E-state index is 0.237. The Hall–Kier alpha value is -2.77. The number of unbranched alkanes of at least 4 members (excludes halogenated alkanes) is 17. The van der Waals surface area contributed by atoms with Crippen molar-refractivity contribution in [3.63, 3.8) is 0 Å². The molecule has 3 aliphatic heterocycles. The number of hydrogen-bond acceptors (Lipinski definition) is 18. The van der Waals surface area contributed by atoms with Gasteiger partial charge in [0, 0.05) is 6.42 Å². The third kappa shape index (κ3) is 27.3. The SMILES string of the molecule is CC/C=C\C/C=C\C/C=C\C/C=C\C/C=C\CCCCCCCCCCCCCCCC(=O)NC(COC1OC(CO)C(OC2OC(CO)C(OC3OC(CO)C(O)C(O)C3O)C(O)C2O)C(O)C1O)C(O)/C=C/CCCCCC. The van der Waals surface area contributed by atoms with Gasteiger partial charge in [0.1, 0.15) is 73.2 Å². The number of ether oxygens (including phenoxy) is 6. The van der Waals surface area contributed by atoms with Gasteiger partial charge in [0.2, 0.25) is 5.91 Å². The lowest BCUT2D eigenvalue weighted by molar-refractivity contribution is -0.379. The van der Waals surface area contributed by atoms with Crippen LogP contribution in [0.4, 0.5) is 0 Å². The Bertz CT molecular complexity index is 1740. The maximum atomic E-state index is 13.2. The summed E-state index contributed by atoms with van der Waals surface area (Å²) in [7, 11) is 0. The second-order valence-corrected chi connectivity index (χ2v) is 21.4. The molecular formula is C61H105NO18. The van der Waals surface area contributed by atoms with Crippen LogP contribution in [0.3, 0.4) is 0 Å². The van der Waals surface area contributed by atoms with Gasteiger partial charge < -0.3 is 89.9 Å². The number of aliphatic hydroxyl groups excluding tert-OH is 11. The maximum absolute atomic E-state index is 13.2. The second kappa shape index (κ2) is 43.8. The molecule has 0 aromatic rings. The summed E-state index contributed by atoms with van der Waals surface area (Å²) in [6, 6.07) is -0.973. The van der Waals surface area contributed by atoms with Crippen molar-refractivity contribution < 1.29 is 89.4 Å². The minimum atomic E-state index is -1.98. The summed E-state index contributed by atoms with van der Waals surface area (Å²) >= 11 is 0. The zero-order valence-corrected chi connectivity index (χ0v) is 48.0. The molecule has 3 aliphatic rings. The van der Waals surface area contributed by atoms with Gasteiger partial charge in [-0.1, -0.05) is 177 Å². The summed E-state index contributed by atoms with van der Waals surface area (Å²) in [5, 5.41) is 120. The number of carbonyl (C=O) groups is 1. The highest BCUT2D eigenvalue weighted by Gasteiger charge is 2.53. The Morgan fingerprint density at radius 2 is 0.863 bits per heavy atom. The topological polar surface area (TPSA) is 307 Å². The highest BCUT2D eigenvalue weighted by molar-refractivity contribution is 5.76. The van der Waals surface area contributed by atoms with Crippen molar-refractivity contribution in [2.75, 3.05) is 26.4 Å². The number of hydrogen-bond donors (Lipinski definition) is 12. The van der Waals surface area contributed by atoms with Gasteiger partial charge in [0.15, 0.2) is 18.9 Å². The molecule has 3 fully saturated rings. The fourth-order valence-electron chi connectivity index (χ4n) is 9.80. The molecule has 19 nitrogen and oxygen atoms in total. The van der Waals surface area contributed by atoms with Gasteiger partial charge in [0.05, 0.1) is 38.6 Å². The van der Waals surface area contributed by atoms with Crippen molar-refractivity contribution in [3.05, 3.63) is 72.9 Å². The standard InChI is InChI=1S/C61H105NO18/c1-3-5-7-9-11-12-13-14-15-16-17-18-19-20-21-22-23-24-25-26-27-28-29-30-31-32-33-35-37-39-49(67)62-44(45(66)38-36-34-10-8-6-4-2)43-75-59-55(73)52(70)57(47(41-64)77-59)80-61-56(74)53(71)58(48(42-65)78-61)79-60-54(72)51(69)50(68)46(40-63)76-60/h5,7,11-12,14-15,17-18,20-21,36,38,44-48,50-61,63-66,68-74H,3-4,6,8-10,13,16,19,22-35,37,39-43H2,1-2H3,(H,62,67)/b7-5-,12-11-,15-14-,18-17-,21-20-,38-36+. The van der Waals surface area contributed by atoms with Crippen molar-refractivity contribution in [1.82, 2.24) is 5.32 Å². The lowest BCUT2D eigenvalue weighted by Crippen LogP contribution is -2.66. The van der Waals surface area contributed by atoms with E-state index in [2.05, 4.69) is 79.9 Å². The smallest absolute Gasteiger partial charge is 0.220 e. The molecule has 1 amide bonds. The summed E-state index contributed by atoms with van der Waals surface area (Å²) in [6.45, 7) is 1.49. The van der Waals surface area contributed by atoms with E-state index >= 15 is 0 Å². The van der Waals surface area contributed by atoms with Crippen LogP contribution in [0.15, 0.2) is 72.9 Å². The Kier molecular flexibility index (Phi) is 39.2. The van der Waals surface area contributed by atoms with Crippen LogP contribution in [0, 0.1) is 0 Å². The van der Waals surface area contributed by atoms with E-state index in [0.29, 0.717) is 6.42 Å². The van der Waals surface area contributed by atoms with Gasteiger partial charge in [-0.2, -0.15) is 0 Å². The molecular weight excluding hydrogens is 1030 g/mol. The Morgan fingerprint density at radius 1 is 0.463 bits per heavy atom. The molecule has 17 atom stereocenters. The molecule has 0 aromatic heterocycles. The van der Waals surface area contributed by atoms with Crippen LogP contribution < -0.4 is 5.32 Å². The van der Waals surface area contributed by atoms with Gasteiger partial charge in [0.25, 0.3) is 0 Å². The van der Waals surface area contributed by atoms with E-state index in [4.69, 9.17) is 28.4 Å². The molecule has 0 bridgehead atoms. The first-order valence-corrected chi connectivity index (χ1v) is 30.2. The molecule has 0 aliphatic carbocycles. The largest absolute Gasteiger partial charge is 0.394 e. The van der Waals surface area contributed by atoms with Crippen molar-refractivity contribution in [1.29, 1.82) is 0 Å². The van der Waals surface area contributed by atoms with Gasteiger partial charge in [-0.25, -0.2) is 0 Å². The third-order valence-electron chi connectivity index (χ3n) is 14.8. The molecule has 17 unspecified atom stereocenters. The summed E-state index contributed by atoms with van der Waals surface area (Å²) in [5.41, 5.74) is 0. The first-order chi connectivity index (χ1) is 38.8. The summed E-state index contributed by atoms with van der Waals surface area (Å²) < 4.78 is 34.1. The number of allylic oxidation sites excluding steroid dienone is 11. The van der Waals surface area contributed by atoms with Crippen molar-refractivity contribution in [2.45, 2.75) is 279 Å². The van der Waals surface area contributed by atoms with Crippen LogP contribution in [0.5, 0.6) is 0 Å². The van der Waals surface area contributed by atoms with Crippen LogP contribution in [-0.4, -0.2) is 193 Å². The van der Waals surface area contributed by atoms with E-state index in [1.807, 2.05) is 6.08 Å². The average Bonchev–Trinajstić information content (AvgIpc) is 3.45. The average molecular weight is 1140 g/mol. The molecule has 0 radical (unpaired) electrons. The van der Waals surface area contributed by atoms with Crippen molar-refractivity contribution in [3.8, 4) is 0 Å². The van der Waals surface area contributed by atoms with E-state index in [0.717, 1.165) is 89.9 Å². The van der Waals surface area contributed by atoms with Gasteiger partial charge in [-0.05, 0) is 64.2 Å². The zero-order valence-electron chi connectivity index (χ0n) is 48.0. The fourth-order valence-corrected chi connectivity index (χ4v) is 9.80. The maximum Gasteiger partial charge on any atom is 0.220 e. The first-order valence-electron chi connectivity index (χ1n) is 30.2. The number of carbonyl (C=O) groups excluding carboxylic acids is 1. The first kappa shape index (κ1) is 71.5. The highest BCUT2D eigenvalue weighted by atomic mass is 16.8. The molecule has 80 heavy (non-hydrogen) atoms. The summed E-state index contributed by atoms with van der Waals surface area (Å²) in [4.78, 5) is 13.2. The van der Waals surface area contributed by atoms with Gasteiger partial charge >= 0.3 is 0 Å². The van der Waals surface area contributed by atoms with Crippen molar-refractivity contribution >= 4 is 5.91 Å². The number of nitrogens with one attached hydrogen (secondary N) is 1. The molecule has 12 N–H and O–H groups in total. The van der Waals surface area contributed by atoms with Gasteiger partial charge in [-0.15, -0.1) is 0 Å². The molecule has 19 heteroatoms. The van der Waals surface area contributed by atoms with Crippen molar-refractivity contribution in [2.24, 2.45) is 0 Å². The number of amides is 1. The van der Waals surface area contributed by atoms with Crippen LogP contribution in [0.2, 0.25) is 0 Å². The van der Waals surface area contributed by atoms with Crippen LogP contribution in [0.1, 0.15) is 174 Å². The van der Waals surface area contributed by atoms with E-state index in [-0.39, 0.29) is 18.9 Å². The predicted molar refractivity (Wildman–Crippen MR) is 305 cm³/mol. The predicted octanol–water partition coefficient (Wildman–Crippen LogP) is 5.43. The van der Waals surface area contributed by atoms with Gasteiger partial charge in [-0.3, -0.25) is 4.79 Å². The van der Waals surface area contributed by atoms with E-state index in [9.17, 15) is 61.0 Å². The van der Waals surface area contributed by atoms with E-state index in [1.165, 1.54) is 57.8 Å². The highest BCUT2D eigenvalue weighted by Crippen LogP contribution is 2.33. The molecule has 3 rings (SSSR count). The molecule has 462 valence electrons. The number of aliphatic hydroxyl groups is 11. The Morgan fingerprint density at radius 3 is 1.35 bits per heavy atom. The Balaban J connectivity index is 1.35. The van der Waals surface area contributed by atoms with Crippen LogP contribution in [-0.2, 0) is 33.2 Å². The van der Waals surface area contributed by atoms with Crippen LogP contribution in [0.25, 0.3) is 0 Å². The lowest BCUT2D eigenvalue weighted by Gasteiger charge is -2.48. The lowest BCUT2D eigenvalue weighted by atomic mass is 9.96. The molecule has 0 saturated carbocycles. The second-order valence-electron chi connectivity index (χ2n) is 21.4. The fraction of sp³-hybridized carbons (Fsp3) is 0.787. The molecule has 3 saturated heterocycles. The summed E-state index contributed by atoms with van der Waals surface area (Å²) in [6.07, 6.45) is 25.2. The quantitative estimate of drug-likeness (QED) is 0.0268. The minimum Gasteiger partial charge on any atom is -0.394 e. The zero-order chi connectivity index (χ0) is 58.3. The normalized spacial score (nSPS) is 30.5. The van der Waals surface area contributed by atoms with E-state index in [1.54, 1.807) is 6.08 Å². The molecule has 3 heterocycles. The molecule has 0 spiro atoms. The van der Waals surface area contributed by atoms with Crippen LogP contribution >= 0.6 is 0 Å². The molecule has 0 aromatic carbocycles.